The molecule has 0 fully saturated rings. The van der Waals surface area contributed by atoms with Crippen molar-refractivity contribution in [2.24, 2.45) is 0 Å². The zero-order valence-electron chi connectivity index (χ0n) is 12.0. The van der Waals surface area contributed by atoms with E-state index >= 15 is 0 Å². The lowest BCUT2D eigenvalue weighted by atomic mass is 10.1. The van der Waals surface area contributed by atoms with E-state index < -0.39 is 0 Å². The van der Waals surface area contributed by atoms with E-state index in [1.165, 1.54) is 0 Å². The van der Waals surface area contributed by atoms with Crippen LogP contribution in [0.1, 0.15) is 18.9 Å². The molecule has 0 atom stereocenters. The number of amides is 1. The first-order valence-electron chi connectivity index (χ1n) is 7.05. The summed E-state index contributed by atoms with van der Waals surface area (Å²) in [6, 6.07) is 15.6. The lowest BCUT2D eigenvalue weighted by Gasteiger charge is -2.08. The minimum atomic E-state index is -0.00779. The second kappa shape index (κ2) is 7.84. The summed E-state index contributed by atoms with van der Waals surface area (Å²) < 4.78 is 1.02. The third-order valence-corrected chi connectivity index (χ3v) is 3.55. The number of nitrogens with one attached hydrogen (secondary N) is 2. The van der Waals surface area contributed by atoms with Crippen molar-refractivity contribution >= 4 is 33.2 Å². The van der Waals surface area contributed by atoms with Crippen LogP contribution in [0.3, 0.4) is 0 Å². The van der Waals surface area contributed by atoms with E-state index in [9.17, 15) is 4.79 Å². The molecule has 0 saturated carbocycles. The molecule has 0 aliphatic heterocycles. The number of rotatable bonds is 6. The Labute approximate surface area is 133 Å². The van der Waals surface area contributed by atoms with Gasteiger partial charge in [-0.05, 0) is 48.4 Å². The van der Waals surface area contributed by atoms with Crippen LogP contribution in [0.15, 0.2) is 53.0 Å². The Morgan fingerprint density at radius 2 is 1.62 bits per heavy atom. The van der Waals surface area contributed by atoms with E-state index in [-0.39, 0.29) is 5.91 Å². The predicted octanol–water partition coefficient (Wildman–Crippen LogP) is 4.45. The van der Waals surface area contributed by atoms with Gasteiger partial charge in [0.05, 0.1) is 6.42 Å². The molecule has 0 radical (unpaired) electrons. The summed E-state index contributed by atoms with van der Waals surface area (Å²) >= 11 is 3.38. The molecular weight excluding hydrogens is 328 g/mol. The molecule has 2 rings (SSSR count). The molecule has 3 nitrogen and oxygen atoms in total. The Kier molecular flexibility index (Phi) is 5.81. The average molecular weight is 347 g/mol. The molecule has 0 unspecified atom stereocenters. The van der Waals surface area contributed by atoms with Crippen molar-refractivity contribution in [3.05, 3.63) is 58.6 Å². The number of carbonyl (C=O) groups is 1. The maximum Gasteiger partial charge on any atom is 0.228 e. The molecule has 0 aliphatic rings. The minimum absolute atomic E-state index is 0.00779. The highest BCUT2D eigenvalue weighted by Gasteiger charge is 2.04. The molecule has 0 aromatic heterocycles. The fourth-order valence-corrected chi connectivity index (χ4v) is 2.20. The molecule has 0 saturated heterocycles. The summed E-state index contributed by atoms with van der Waals surface area (Å²) in [4.78, 5) is 12.0. The monoisotopic (exact) mass is 346 g/mol. The summed E-state index contributed by atoms with van der Waals surface area (Å²) in [7, 11) is 0. The van der Waals surface area contributed by atoms with Crippen LogP contribution in [0.25, 0.3) is 0 Å². The van der Waals surface area contributed by atoms with Gasteiger partial charge in [0.25, 0.3) is 0 Å². The maximum atomic E-state index is 12.0. The molecule has 2 aromatic carbocycles. The Bertz CT molecular complexity index is 579. The number of benzene rings is 2. The van der Waals surface area contributed by atoms with Gasteiger partial charge in [-0.15, -0.1) is 0 Å². The van der Waals surface area contributed by atoms with Crippen molar-refractivity contribution < 1.29 is 4.79 Å². The Morgan fingerprint density at radius 3 is 2.24 bits per heavy atom. The van der Waals surface area contributed by atoms with Crippen LogP contribution in [0.2, 0.25) is 0 Å². The molecule has 0 bridgehead atoms. The van der Waals surface area contributed by atoms with Gasteiger partial charge in [0.2, 0.25) is 5.91 Å². The second-order valence-electron chi connectivity index (χ2n) is 4.86. The molecular formula is C17H19BrN2O. The number of hydrogen-bond donors (Lipinski definition) is 2. The second-order valence-corrected chi connectivity index (χ2v) is 5.77. The van der Waals surface area contributed by atoms with Gasteiger partial charge in [0.1, 0.15) is 0 Å². The molecule has 4 heteroatoms. The highest BCUT2D eigenvalue weighted by Crippen LogP contribution is 2.15. The van der Waals surface area contributed by atoms with Gasteiger partial charge in [-0.25, -0.2) is 0 Å². The Balaban J connectivity index is 1.88. The van der Waals surface area contributed by atoms with Crippen LogP contribution < -0.4 is 10.6 Å². The first-order chi connectivity index (χ1) is 10.2. The highest BCUT2D eigenvalue weighted by atomic mass is 79.9. The van der Waals surface area contributed by atoms with Gasteiger partial charge in [-0.2, -0.15) is 0 Å². The van der Waals surface area contributed by atoms with Crippen molar-refractivity contribution in [2.45, 2.75) is 19.8 Å². The van der Waals surface area contributed by atoms with Crippen molar-refractivity contribution in [1.82, 2.24) is 0 Å². The van der Waals surface area contributed by atoms with E-state index in [1.54, 1.807) is 0 Å². The zero-order chi connectivity index (χ0) is 15.1. The molecule has 110 valence electrons. The lowest BCUT2D eigenvalue weighted by molar-refractivity contribution is -0.115. The molecule has 21 heavy (non-hydrogen) atoms. The minimum Gasteiger partial charge on any atom is -0.385 e. The van der Waals surface area contributed by atoms with Gasteiger partial charge in [-0.3, -0.25) is 4.79 Å². The number of anilines is 2. The van der Waals surface area contributed by atoms with Crippen molar-refractivity contribution in [1.29, 1.82) is 0 Å². The Hall–Kier alpha value is -1.81. The highest BCUT2D eigenvalue weighted by molar-refractivity contribution is 9.10. The average Bonchev–Trinajstić information content (AvgIpc) is 2.49. The van der Waals surface area contributed by atoms with Crippen molar-refractivity contribution in [3.8, 4) is 0 Å². The summed E-state index contributed by atoms with van der Waals surface area (Å²) in [6.45, 7) is 3.08. The van der Waals surface area contributed by atoms with Gasteiger partial charge in [0.15, 0.2) is 0 Å². The fourth-order valence-electron chi connectivity index (χ4n) is 1.93. The summed E-state index contributed by atoms with van der Waals surface area (Å²) in [6.07, 6.45) is 1.47. The third kappa shape index (κ3) is 5.23. The number of hydrogen-bond acceptors (Lipinski definition) is 2. The summed E-state index contributed by atoms with van der Waals surface area (Å²) in [5, 5.41) is 6.21. The number of halogens is 1. The quantitative estimate of drug-likeness (QED) is 0.810. The first kappa shape index (κ1) is 15.6. The normalized spacial score (nSPS) is 10.2. The third-order valence-electron chi connectivity index (χ3n) is 3.03. The molecule has 2 aromatic rings. The van der Waals surface area contributed by atoms with Gasteiger partial charge in [-0.1, -0.05) is 35.0 Å². The first-order valence-corrected chi connectivity index (χ1v) is 7.85. The molecule has 0 aliphatic carbocycles. The lowest BCUT2D eigenvalue weighted by Crippen LogP contribution is -2.14. The molecule has 2 N–H and O–H groups in total. The predicted molar refractivity (Wildman–Crippen MR) is 91.7 cm³/mol. The van der Waals surface area contributed by atoms with Gasteiger partial charge < -0.3 is 10.6 Å². The molecule has 0 spiro atoms. The van der Waals surface area contributed by atoms with Gasteiger partial charge >= 0.3 is 0 Å². The zero-order valence-corrected chi connectivity index (χ0v) is 13.6. The standard InChI is InChI=1S/C17H19BrN2O/c1-2-11-19-15-7-9-16(10-8-15)20-17(21)12-13-3-5-14(18)6-4-13/h3-10,19H,2,11-12H2,1H3,(H,20,21). The van der Waals surface area contributed by atoms with Crippen LogP contribution in [0.4, 0.5) is 11.4 Å². The smallest absolute Gasteiger partial charge is 0.228 e. The largest absolute Gasteiger partial charge is 0.385 e. The summed E-state index contributed by atoms with van der Waals surface area (Å²) in [5.41, 5.74) is 2.89. The molecule has 0 heterocycles. The number of carbonyl (C=O) groups excluding carboxylic acids is 1. The Morgan fingerprint density at radius 1 is 1.00 bits per heavy atom. The van der Waals surface area contributed by atoms with E-state index in [0.29, 0.717) is 6.42 Å². The van der Waals surface area contributed by atoms with E-state index in [1.807, 2.05) is 48.5 Å². The van der Waals surface area contributed by atoms with E-state index in [2.05, 4.69) is 33.5 Å². The van der Waals surface area contributed by atoms with Crippen LogP contribution >= 0.6 is 15.9 Å². The van der Waals surface area contributed by atoms with Crippen molar-refractivity contribution in [2.75, 3.05) is 17.2 Å². The van der Waals surface area contributed by atoms with Crippen molar-refractivity contribution in [3.63, 3.8) is 0 Å². The van der Waals surface area contributed by atoms with Crippen LogP contribution in [-0.4, -0.2) is 12.5 Å². The van der Waals surface area contributed by atoms with Crippen LogP contribution in [0, 0.1) is 0 Å². The maximum absolute atomic E-state index is 12.0. The SMILES string of the molecule is CCCNc1ccc(NC(=O)Cc2ccc(Br)cc2)cc1. The van der Waals surface area contributed by atoms with Gasteiger partial charge in [0, 0.05) is 22.4 Å². The molecule has 1 amide bonds. The topological polar surface area (TPSA) is 41.1 Å². The van der Waals surface area contributed by atoms with E-state index in [4.69, 9.17) is 0 Å². The fraction of sp³-hybridized carbons (Fsp3) is 0.235. The summed E-state index contributed by atoms with van der Waals surface area (Å²) in [5.74, 6) is -0.00779. The van der Waals surface area contributed by atoms with E-state index in [0.717, 1.165) is 34.4 Å². The van der Waals surface area contributed by atoms with Crippen LogP contribution in [0.5, 0.6) is 0 Å². The van der Waals surface area contributed by atoms with Crippen LogP contribution in [-0.2, 0) is 11.2 Å².